The summed E-state index contributed by atoms with van der Waals surface area (Å²) in [4.78, 5) is 14.2. The minimum Gasteiger partial charge on any atom is -0.480 e. The van der Waals surface area contributed by atoms with Crippen molar-refractivity contribution in [1.82, 2.24) is 0 Å². The van der Waals surface area contributed by atoms with E-state index in [1.165, 1.54) is 7.11 Å². The fourth-order valence-electron chi connectivity index (χ4n) is 4.64. The maximum absolute atomic E-state index is 11.6. The van der Waals surface area contributed by atoms with Gasteiger partial charge in [0.1, 0.15) is 5.75 Å². The van der Waals surface area contributed by atoms with E-state index >= 15 is 0 Å². The highest BCUT2D eigenvalue weighted by Crippen LogP contribution is 2.62. The van der Waals surface area contributed by atoms with Crippen LogP contribution < -0.4 is 9.64 Å². The lowest BCUT2D eigenvalue weighted by Crippen LogP contribution is -2.37. The topological polar surface area (TPSA) is 79.2 Å². The van der Waals surface area contributed by atoms with Crippen LogP contribution >= 0.6 is 22.2 Å². The molecule has 0 aromatic heterocycles. The third-order valence-corrected chi connectivity index (χ3v) is 8.76. The number of carbonyl (C=O) groups excluding carboxylic acids is 1. The lowest BCUT2D eigenvalue weighted by molar-refractivity contribution is -0.142. The first kappa shape index (κ1) is 26.7. The average Bonchev–Trinajstić information content (AvgIpc) is 2.92. The number of para-hydroxylation sites is 1. The zero-order valence-corrected chi connectivity index (χ0v) is 21.8. The molecule has 0 unspecified atom stereocenters. The molecule has 2 N–H and O–H groups in total. The van der Waals surface area contributed by atoms with Crippen molar-refractivity contribution in [2.45, 2.75) is 57.3 Å². The van der Waals surface area contributed by atoms with Gasteiger partial charge >= 0.3 is 5.97 Å². The number of unbranched alkanes of at least 4 members (excludes halogenated alkanes) is 2. The van der Waals surface area contributed by atoms with E-state index in [1.807, 2.05) is 30.3 Å². The molecular weight excluding hydrogens is 474 g/mol. The highest BCUT2D eigenvalue weighted by molar-refractivity contribution is 8.24. The third kappa shape index (κ3) is 6.19. The van der Waals surface area contributed by atoms with Gasteiger partial charge in [-0.25, -0.2) is 4.79 Å². The number of carbonyl (C=O) groups is 1. The molecule has 0 amide bonds. The minimum atomic E-state index is -3.17. The molecular formula is C26H36ClNO5S. The normalized spacial score (nSPS) is 17.4. The standard InChI is InChI=1S/C26H36ClNO5S/c1-4-6-13-26(14-7-5-2)18-28(20-11-9-8-10-12-20)22-15-21(27)23(33-17-25(29)32-3)16-24(22)34(30,31)19-26/h8-12,15-16,30-31H,4-7,13-14,17-19H2,1-3H3. The van der Waals surface area contributed by atoms with Crippen molar-refractivity contribution in [1.29, 1.82) is 0 Å². The van der Waals surface area contributed by atoms with Crippen LogP contribution in [-0.2, 0) is 9.53 Å². The second kappa shape index (κ2) is 11.7. The van der Waals surface area contributed by atoms with Crippen LogP contribution in [0, 0.1) is 5.41 Å². The maximum atomic E-state index is 11.6. The van der Waals surface area contributed by atoms with Crippen LogP contribution in [0.5, 0.6) is 5.75 Å². The smallest absolute Gasteiger partial charge is 0.343 e. The van der Waals surface area contributed by atoms with E-state index in [-0.39, 0.29) is 23.5 Å². The molecule has 2 aromatic rings. The lowest BCUT2D eigenvalue weighted by atomic mass is 9.79. The number of rotatable bonds is 10. The Labute approximate surface area is 209 Å². The summed E-state index contributed by atoms with van der Waals surface area (Å²) in [7, 11) is -1.89. The van der Waals surface area contributed by atoms with Crippen molar-refractivity contribution in [2.24, 2.45) is 5.41 Å². The zero-order valence-electron chi connectivity index (χ0n) is 20.3. The Morgan fingerprint density at radius 2 is 1.76 bits per heavy atom. The van der Waals surface area contributed by atoms with Crippen molar-refractivity contribution in [3.8, 4) is 5.75 Å². The number of halogens is 1. The lowest BCUT2D eigenvalue weighted by Gasteiger charge is -2.42. The first-order valence-electron chi connectivity index (χ1n) is 11.9. The molecule has 8 heteroatoms. The summed E-state index contributed by atoms with van der Waals surface area (Å²) in [6, 6.07) is 13.3. The summed E-state index contributed by atoms with van der Waals surface area (Å²) in [6.07, 6.45) is 5.95. The highest BCUT2D eigenvalue weighted by Gasteiger charge is 2.42. The predicted molar refractivity (Wildman–Crippen MR) is 140 cm³/mol. The Bertz CT molecular complexity index is 961. The van der Waals surface area contributed by atoms with Crippen LogP contribution in [-0.4, -0.2) is 41.1 Å². The second-order valence-electron chi connectivity index (χ2n) is 9.06. The van der Waals surface area contributed by atoms with Crippen molar-refractivity contribution in [2.75, 3.05) is 30.9 Å². The molecule has 0 bridgehead atoms. The molecule has 1 heterocycles. The van der Waals surface area contributed by atoms with Crippen molar-refractivity contribution in [3.63, 3.8) is 0 Å². The van der Waals surface area contributed by atoms with Crippen molar-refractivity contribution >= 4 is 39.5 Å². The van der Waals surface area contributed by atoms with E-state index in [0.717, 1.165) is 44.2 Å². The molecule has 0 atom stereocenters. The van der Waals surface area contributed by atoms with Gasteiger partial charge in [0, 0.05) is 29.5 Å². The monoisotopic (exact) mass is 509 g/mol. The molecule has 1 aliphatic heterocycles. The fraction of sp³-hybridized carbons (Fsp3) is 0.500. The number of methoxy groups -OCH3 is 1. The SMILES string of the molecule is CCCCC1(CCCC)CN(c2ccccc2)c2cc(Cl)c(OCC(=O)OC)cc2S(O)(O)C1. The first-order valence-corrected chi connectivity index (χ1v) is 14.0. The van der Waals surface area contributed by atoms with Crippen LogP contribution in [0.1, 0.15) is 52.4 Å². The van der Waals surface area contributed by atoms with Gasteiger partial charge in [-0.2, -0.15) is 10.6 Å². The quantitative estimate of drug-likeness (QED) is 0.322. The maximum Gasteiger partial charge on any atom is 0.343 e. The zero-order chi connectivity index (χ0) is 24.8. The molecule has 0 spiro atoms. The molecule has 0 saturated carbocycles. The van der Waals surface area contributed by atoms with Gasteiger partial charge in [-0.15, -0.1) is 0 Å². The number of hydrogen-bond acceptors (Lipinski definition) is 6. The van der Waals surface area contributed by atoms with Crippen LogP contribution in [0.15, 0.2) is 47.4 Å². The molecule has 188 valence electrons. The second-order valence-corrected chi connectivity index (χ2v) is 11.5. The number of esters is 1. The number of anilines is 2. The number of benzene rings is 2. The molecule has 0 aliphatic carbocycles. The largest absolute Gasteiger partial charge is 0.480 e. The minimum absolute atomic E-state index is 0.230. The summed E-state index contributed by atoms with van der Waals surface area (Å²) in [5.41, 5.74) is 1.37. The number of hydrogen-bond donors (Lipinski definition) is 2. The number of ether oxygens (including phenoxy) is 2. The Morgan fingerprint density at radius 1 is 1.12 bits per heavy atom. The van der Waals surface area contributed by atoms with Crippen LogP contribution in [0.3, 0.4) is 0 Å². The van der Waals surface area contributed by atoms with E-state index < -0.39 is 16.6 Å². The third-order valence-electron chi connectivity index (χ3n) is 6.42. The summed E-state index contributed by atoms with van der Waals surface area (Å²) >= 11 is 6.57. The van der Waals surface area contributed by atoms with Gasteiger partial charge in [0.2, 0.25) is 0 Å². The van der Waals surface area contributed by atoms with E-state index in [2.05, 4.69) is 23.5 Å². The Balaban J connectivity index is 2.15. The van der Waals surface area contributed by atoms with Crippen molar-refractivity contribution < 1.29 is 23.4 Å². The summed E-state index contributed by atoms with van der Waals surface area (Å²) in [6.45, 7) is 4.68. The highest BCUT2D eigenvalue weighted by atomic mass is 35.5. The first-order chi connectivity index (χ1) is 16.2. The Morgan fingerprint density at radius 3 is 2.35 bits per heavy atom. The van der Waals surface area contributed by atoms with Crippen LogP contribution in [0.4, 0.5) is 11.4 Å². The number of nitrogens with zero attached hydrogens (tertiary/aromatic N) is 1. The van der Waals surface area contributed by atoms with E-state index in [1.54, 1.807) is 12.1 Å². The molecule has 6 nitrogen and oxygen atoms in total. The molecule has 0 fully saturated rings. The van der Waals surface area contributed by atoms with Gasteiger partial charge in [-0.1, -0.05) is 69.3 Å². The summed E-state index contributed by atoms with van der Waals surface area (Å²) in [5, 5.41) is 0.299. The van der Waals surface area contributed by atoms with Crippen molar-refractivity contribution in [3.05, 3.63) is 47.5 Å². The van der Waals surface area contributed by atoms with Crippen LogP contribution in [0.25, 0.3) is 0 Å². The van der Waals surface area contributed by atoms with E-state index in [9.17, 15) is 13.9 Å². The van der Waals surface area contributed by atoms with Gasteiger partial charge in [-0.05, 0) is 31.0 Å². The summed E-state index contributed by atoms with van der Waals surface area (Å²) in [5.74, 6) is -0.0240. The molecule has 34 heavy (non-hydrogen) atoms. The fourth-order valence-corrected chi connectivity index (χ4v) is 7.05. The summed E-state index contributed by atoms with van der Waals surface area (Å²) < 4.78 is 33.4. The van der Waals surface area contributed by atoms with Crippen LogP contribution in [0.2, 0.25) is 5.02 Å². The van der Waals surface area contributed by atoms with E-state index in [4.69, 9.17) is 16.3 Å². The van der Waals surface area contributed by atoms with Gasteiger partial charge in [0.15, 0.2) is 6.61 Å². The molecule has 1 aliphatic rings. The Hall–Kier alpha value is -1.93. The van der Waals surface area contributed by atoms with E-state index in [0.29, 0.717) is 22.2 Å². The molecule has 2 aromatic carbocycles. The molecule has 0 radical (unpaired) electrons. The predicted octanol–water partition coefficient (Wildman–Crippen LogP) is 7.52. The molecule has 3 rings (SSSR count). The Kier molecular flexibility index (Phi) is 9.15. The van der Waals surface area contributed by atoms with Gasteiger partial charge in [0.05, 0.1) is 22.7 Å². The van der Waals surface area contributed by atoms with Gasteiger partial charge < -0.3 is 14.4 Å². The average molecular weight is 510 g/mol. The van der Waals surface area contributed by atoms with Gasteiger partial charge in [-0.3, -0.25) is 9.11 Å². The molecule has 0 saturated heterocycles. The number of fused-ring (bicyclic) bond motifs is 1. The van der Waals surface area contributed by atoms with Gasteiger partial charge in [0.25, 0.3) is 0 Å².